The molecule has 0 aliphatic heterocycles. The maximum atomic E-state index is 4.22. The van der Waals surface area contributed by atoms with Crippen LogP contribution in [-0.4, -0.2) is 12.0 Å². The zero-order valence-corrected chi connectivity index (χ0v) is 12.9. The van der Waals surface area contributed by atoms with Gasteiger partial charge in [0.05, 0.1) is 0 Å². The highest BCUT2D eigenvalue weighted by atomic mass is 32.1. The molecular formula is C18H18N2S. The highest BCUT2D eigenvalue weighted by molar-refractivity contribution is 7.15. The van der Waals surface area contributed by atoms with E-state index < -0.39 is 0 Å². The highest BCUT2D eigenvalue weighted by Gasteiger charge is 2.32. The Labute approximate surface area is 128 Å². The van der Waals surface area contributed by atoms with E-state index in [-0.39, 0.29) is 0 Å². The Morgan fingerprint density at radius 3 is 2.90 bits per heavy atom. The Morgan fingerprint density at radius 2 is 2.10 bits per heavy atom. The first-order valence-electron chi connectivity index (χ1n) is 7.47. The van der Waals surface area contributed by atoms with E-state index in [0.29, 0.717) is 6.04 Å². The topological polar surface area (TPSA) is 24.9 Å². The fourth-order valence-corrected chi connectivity index (χ4v) is 4.29. The molecule has 1 unspecified atom stereocenters. The molecule has 1 aliphatic rings. The van der Waals surface area contributed by atoms with E-state index in [9.17, 15) is 0 Å². The molecule has 2 heterocycles. The zero-order valence-electron chi connectivity index (χ0n) is 12.0. The lowest BCUT2D eigenvalue weighted by Crippen LogP contribution is -2.16. The van der Waals surface area contributed by atoms with Crippen LogP contribution in [0.1, 0.15) is 23.8 Å². The summed E-state index contributed by atoms with van der Waals surface area (Å²) in [6.07, 6.45) is 6.53. The van der Waals surface area contributed by atoms with Gasteiger partial charge < -0.3 is 5.32 Å². The predicted octanol–water partition coefficient (Wildman–Crippen LogP) is 4.63. The molecule has 106 valence electrons. The number of benzene rings is 1. The largest absolute Gasteiger partial charge is 0.312 e. The molecule has 1 N–H and O–H groups in total. The summed E-state index contributed by atoms with van der Waals surface area (Å²) in [7, 11) is 2.08. The van der Waals surface area contributed by atoms with Gasteiger partial charge in [-0.2, -0.15) is 0 Å². The van der Waals surface area contributed by atoms with Gasteiger partial charge in [-0.3, -0.25) is 4.98 Å². The molecule has 0 saturated heterocycles. The first-order valence-corrected chi connectivity index (χ1v) is 8.28. The Morgan fingerprint density at radius 1 is 1.19 bits per heavy atom. The molecule has 0 bridgehead atoms. The van der Waals surface area contributed by atoms with Crippen LogP contribution >= 0.6 is 11.3 Å². The van der Waals surface area contributed by atoms with Gasteiger partial charge in [0, 0.05) is 33.6 Å². The van der Waals surface area contributed by atoms with E-state index >= 15 is 0 Å². The van der Waals surface area contributed by atoms with Gasteiger partial charge in [0.1, 0.15) is 0 Å². The average molecular weight is 294 g/mol. The van der Waals surface area contributed by atoms with Gasteiger partial charge >= 0.3 is 0 Å². The Hall–Kier alpha value is -1.71. The van der Waals surface area contributed by atoms with Crippen molar-refractivity contribution in [1.29, 1.82) is 0 Å². The molecule has 0 radical (unpaired) electrons. The number of nitrogens with zero attached hydrogens (tertiary/aromatic N) is 1. The van der Waals surface area contributed by atoms with Crippen molar-refractivity contribution >= 4 is 22.1 Å². The maximum Gasteiger partial charge on any atom is 0.0441 e. The average Bonchev–Trinajstić information content (AvgIpc) is 3.25. The third-order valence-electron chi connectivity index (χ3n) is 4.28. The van der Waals surface area contributed by atoms with Crippen LogP contribution in [0.2, 0.25) is 0 Å². The first-order chi connectivity index (χ1) is 10.4. The Balaban J connectivity index is 1.77. The summed E-state index contributed by atoms with van der Waals surface area (Å²) < 4.78 is 0. The van der Waals surface area contributed by atoms with Crippen LogP contribution in [0.4, 0.5) is 0 Å². The summed E-state index contributed by atoms with van der Waals surface area (Å²) in [6.45, 7) is 0. The smallest absolute Gasteiger partial charge is 0.0441 e. The molecule has 1 atom stereocenters. The zero-order chi connectivity index (χ0) is 14.2. The summed E-state index contributed by atoms with van der Waals surface area (Å²) in [4.78, 5) is 7.03. The second-order valence-electron chi connectivity index (χ2n) is 5.71. The normalized spacial score (nSPS) is 16.2. The van der Waals surface area contributed by atoms with Crippen molar-refractivity contribution in [3.8, 4) is 10.4 Å². The minimum absolute atomic E-state index is 0.528. The Bertz CT molecular complexity index is 768. The predicted molar refractivity (Wildman–Crippen MR) is 89.6 cm³/mol. The van der Waals surface area contributed by atoms with Crippen LogP contribution in [0.15, 0.2) is 48.8 Å². The third kappa shape index (κ3) is 2.37. The number of pyridine rings is 1. The summed E-state index contributed by atoms with van der Waals surface area (Å²) >= 11 is 1.92. The maximum absolute atomic E-state index is 4.22. The molecule has 0 amide bonds. The van der Waals surface area contributed by atoms with Crippen molar-refractivity contribution < 1.29 is 0 Å². The SMILES string of the molecule is CNC(c1ccc(-c2cccc3cnccc23)s1)C1CC1. The molecule has 3 heteroatoms. The second kappa shape index (κ2) is 5.24. The molecule has 2 aromatic heterocycles. The molecular weight excluding hydrogens is 276 g/mol. The van der Waals surface area contributed by atoms with Crippen LogP contribution in [0.3, 0.4) is 0 Å². The van der Waals surface area contributed by atoms with Gasteiger partial charge in [-0.25, -0.2) is 0 Å². The van der Waals surface area contributed by atoms with E-state index in [2.05, 4.69) is 53.7 Å². The number of nitrogens with one attached hydrogen (secondary N) is 1. The van der Waals surface area contributed by atoms with Crippen LogP contribution in [0.5, 0.6) is 0 Å². The molecule has 1 aromatic carbocycles. The number of aromatic nitrogens is 1. The molecule has 4 rings (SSSR count). The van der Waals surface area contributed by atoms with Crippen LogP contribution in [0, 0.1) is 5.92 Å². The molecule has 3 aromatic rings. The van der Waals surface area contributed by atoms with Crippen LogP contribution in [0.25, 0.3) is 21.2 Å². The van der Waals surface area contributed by atoms with Gasteiger partial charge in [-0.05, 0) is 55.0 Å². The molecule has 21 heavy (non-hydrogen) atoms. The Kier molecular flexibility index (Phi) is 3.24. The van der Waals surface area contributed by atoms with Crippen molar-refractivity contribution in [2.45, 2.75) is 18.9 Å². The molecule has 0 spiro atoms. The van der Waals surface area contributed by atoms with Gasteiger partial charge in [0.15, 0.2) is 0 Å². The number of thiophene rings is 1. The molecule has 1 saturated carbocycles. The van der Waals surface area contributed by atoms with Crippen molar-refractivity contribution in [2.24, 2.45) is 5.92 Å². The standard InChI is InChI=1S/C18H18N2S/c1-19-18(12-5-6-12)17-8-7-16(21-17)15-4-2-3-13-11-20-10-9-14(13)15/h2-4,7-12,18-19H,5-6H2,1H3. The van der Waals surface area contributed by atoms with Crippen LogP contribution in [-0.2, 0) is 0 Å². The quantitative estimate of drug-likeness (QED) is 0.758. The highest BCUT2D eigenvalue weighted by Crippen LogP contribution is 2.44. The molecule has 2 nitrogen and oxygen atoms in total. The van der Waals surface area contributed by atoms with Gasteiger partial charge in [0.2, 0.25) is 0 Å². The van der Waals surface area contributed by atoms with Crippen molar-refractivity contribution in [3.05, 3.63) is 53.7 Å². The minimum Gasteiger partial charge on any atom is -0.312 e. The monoisotopic (exact) mass is 294 g/mol. The molecule has 1 aliphatic carbocycles. The summed E-state index contributed by atoms with van der Waals surface area (Å²) in [5.41, 5.74) is 1.32. The van der Waals surface area contributed by atoms with E-state index in [1.54, 1.807) is 0 Å². The fourth-order valence-electron chi connectivity index (χ4n) is 3.04. The summed E-state index contributed by atoms with van der Waals surface area (Å²) in [6, 6.07) is 13.7. The van der Waals surface area contributed by atoms with Gasteiger partial charge in [0.25, 0.3) is 0 Å². The van der Waals surface area contributed by atoms with E-state index in [4.69, 9.17) is 0 Å². The number of rotatable bonds is 4. The van der Waals surface area contributed by atoms with Crippen molar-refractivity contribution in [3.63, 3.8) is 0 Å². The van der Waals surface area contributed by atoms with Crippen molar-refractivity contribution in [1.82, 2.24) is 10.3 Å². The first kappa shape index (κ1) is 13.0. The summed E-state index contributed by atoms with van der Waals surface area (Å²) in [5.74, 6) is 0.832. The fraction of sp³-hybridized carbons (Fsp3) is 0.278. The second-order valence-corrected chi connectivity index (χ2v) is 6.82. The number of hydrogen-bond acceptors (Lipinski definition) is 3. The van der Waals surface area contributed by atoms with E-state index in [0.717, 1.165) is 5.92 Å². The summed E-state index contributed by atoms with van der Waals surface area (Å²) in [5, 5.41) is 5.97. The van der Waals surface area contributed by atoms with E-state index in [1.165, 1.54) is 38.9 Å². The van der Waals surface area contributed by atoms with Crippen LogP contribution < -0.4 is 5.32 Å². The van der Waals surface area contributed by atoms with E-state index in [1.807, 2.05) is 23.7 Å². The molecule has 1 fully saturated rings. The number of hydrogen-bond donors (Lipinski definition) is 1. The lowest BCUT2D eigenvalue weighted by Gasteiger charge is -2.12. The van der Waals surface area contributed by atoms with Crippen molar-refractivity contribution in [2.75, 3.05) is 7.05 Å². The number of fused-ring (bicyclic) bond motifs is 1. The van der Waals surface area contributed by atoms with Gasteiger partial charge in [-0.15, -0.1) is 11.3 Å². The lowest BCUT2D eigenvalue weighted by molar-refractivity contribution is 0.537. The third-order valence-corrected chi connectivity index (χ3v) is 5.49. The minimum atomic E-state index is 0.528. The lowest BCUT2D eigenvalue weighted by atomic mass is 10.1. The van der Waals surface area contributed by atoms with Gasteiger partial charge in [-0.1, -0.05) is 18.2 Å².